The van der Waals surface area contributed by atoms with Gasteiger partial charge in [0.1, 0.15) is 0 Å². The van der Waals surface area contributed by atoms with E-state index in [1.165, 1.54) is 25.1 Å². The van der Waals surface area contributed by atoms with Gasteiger partial charge in [-0.15, -0.1) is 0 Å². The molecule has 7 heteroatoms. The van der Waals surface area contributed by atoms with E-state index in [4.69, 9.17) is 5.84 Å². The van der Waals surface area contributed by atoms with Gasteiger partial charge in [-0.05, 0) is 18.9 Å². The molecule has 1 amide bonds. The molecule has 0 atom stereocenters. The summed E-state index contributed by atoms with van der Waals surface area (Å²) in [6, 6.07) is 2.10. The molecular weight excluding hydrogens is 261 g/mol. The minimum absolute atomic E-state index is 0.0211. The number of anilines is 1. The topological polar surface area (TPSA) is 74.5 Å². The largest absolute Gasteiger partial charge is 0.336 e. The van der Waals surface area contributed by atoms with Gasteiger partial charge in [-0.3, -0.25) is 9.69 Å². The van der Waals surface area contributed by atoms with Crippen molar-refractivity contribution in [2.24, 2.45) is 5.84 Å². The molecule has 0 unspecified atom stereocenters. The maximum Gasteiger partial charge on any atom is 0.257 e. The fourth-order valence-corrected chi connectivity index (χ4v) is 2.61. The molecule has 1 aromatic heterocycles. The number of carbonyl (C=O) groups is 1. The van der Waals surface area contributed by atoms with Crippen molar-refractivity contribution in [2.75, 3.05) is 31.6 Å². The number of carbonyl (C=O) groups excluding carboxylic acids is 1. The van der Waals surface area contributed by atoms with E-state index in [2.05, 4.69) is 15.3 Å². The van der Waals surface area contributed by atoms with Crippen molar-refractivity contribution in [1.82, 2.24) is 14.8 Å². The number of nitrogen functional groups attached to an aromatic ring is 1. The van der Waals surface area contributed by atoms with Crippen molar-refractivity contribution in [3.63, 3.8) is 0 Å². The molecule has 6 nitrogen and oxygen atoms in total. The van der Waals surface area contributed by atoms with Crippen molar-refractivity contribution in [3.8, 4) is 0 Å². The summed E-state index contributed by atoms with van der Waals surface area (Å²) in [6.07, 6.45) is 3.91. The lowest BCUT2D eigenvalue weighted by Gasteiger charge is -2.34. The summed E-state index contributed by atoms with van der Waals surface area (Å²) >= 11 is 0. The zero-order chi connectivity index (χ0) is 14.1. The van der Waals surface area contributed by atoms with Gasteiger partial charge in [0.05, 0.1) is 5.56 Å². The van der Waals surface area contributed by atoms with Gasteiger partial charge >= 0.3 is 0 Å². The van der Waals surface area contributed by atoms with Crippen LogP contribution in [0.1, 0.15) is 23.2 Å². The molecule has 2 heterocycles. The lowest BCUT2D eigenvalue weighted by Crippen LogP contribution is -2.49. The normalized spacial score (nSPS) is 20.0. The van der Waals surface area contributed by atoms with E-state index in [9.17, 15) is 9.18 Å². The van der Waals surface area contributed by atoms with Crippen LogP contribution >= 0.6 is 0 Å². The molecule has 3 N–H and O–H groups in total. The number of hydrogen-bond acceptors (Lipinski definition) is 5. The first-order valence-electron chi connectivity index (χ1n) is 6.85. The summed E-state index contributed by atoms with van der Waals surface area (Å²) in [4.78, 5) is 20.2. The number of amides is 1. The van der Waals surface area contributed by atoms with Gasteiger partial charge in [-0.1, -0.05) is 0 Å². The highest BCUT2D eigenvalue weighted by atomic mass is 19.1. The summed E-state index contributed by atoms with van der Waals surface area (Å²) < 4.78 is 14.0. The molecule has 0 radical (unpaired) electrons. The summed E-state index contributed by atoms with van der Waals surface area (Å²) in [5.74, 6) is 4.08. The molecule has 20 heavy (non-hydrogen) atoms. The number of rotatable bonds is 3. The van der Waals surface area contributed by atoms with E-state index in [1.807, 2.05) is 0 Å². The van der Waals surface area contributed by atoms with Gasteiger partial charge in [0.25, 0.3) is 5.91 Å². The Hall–Kier alpha value is -1.73. The molecule has 1 saturated carbocycles. The smallest absolute Gasteiger partial charge is 0.257 e. The van der Waals surface area contributed by atoms with Crippen LogP contribution in [0.3, 0.4) is 0 Å². The average Bonchev–Trinajstić information content (AvgIpc) is 3.32. The van der Waals surface area contributed by atoms with Crippen LogP contribution in [0, 0.1) is 5.82 Å². The Balaban J connectivity index is 1.70. The SMILES string of the molecule is NNc1nccc(C(=O)N2CCN(C3CC3)CC2)c1F. The molecule has 1 aromatic rings. The second-order valence-electron chi connectivity index (χ2n) is 5.22. The van der Waals surface area contributed by atoms with Crippen LogP contribution in [-0.2, 0) is 0 Å². The van der Waals surface area contributed by atoms with E-state index in [0.29, 0.717) is 19.1 Å². The molecule has 1 aliphatic carbocycles. The van der Waals surface area contributed by atoms with Crippen LogP contribution < -0.4 is 11.3 Å². The molecule has 0 aromatic carbocycles. The molecule has 3 rings (SSSR count). The monoisotopic (exact) mass is 279 g/mol. The van der Waals surface area contributed by atoms with Crippen LogP contribution in [-0.4, -0.2) is 52.9 Å². The Morgan fingerprint density at radius 1 is 1.35 bits per heavy atom. The summed E-state index contributed by atoms with van der Waals surface area (Å²) in [5.41, 5.74) is 2.18. The van der Waals surface area contributed by atoms with Crippen LogP contribution in [0.5, 0.6) is 0 Å². The molecule has 0 spiro atoms. The third kappa shape index (κ3) is 2.46. The Morgan fingerprint density at radius 3 is 2.65 bits per heavy atom. The van der Waals surface area contributed by atoms with Crippen molar-refractivity contribution in [2.45, 2.75) is 18.9 Å². The molecule has 2 fully saturated rings. The Bertz CT molecular complexity index is 511. The minimum Gasteiger partial charge on any atom is -0.336 e. The van der Waals surface area contributed by atoms with Gasteiger partial charge in [0, 0.05) is 38.4 Å². The Kier molecular flexibility index (Phi) is 3.54. The first-order chi connectivity index (χ1) is 9.70. The number of piperazine rings is 1. The zero-order valence-electron chi connectivity index (χ0n) is 11.2. The first kappa shape index (κ1) is 13.3. The number of pyridine rings is 1. The van der Waals surface area contributed by atoms with Crippen LogP contribution in [0.15, 0.2) is 12.3 Å². The van der Waals surface area contributed by atoms with Gasteiger partial charge in [-0.25, -0.2) is 15.2 Å². The predicted octanol–water partition coefficient (Wildman–Crippen LogP) is 0.426. The summed E-state index contributed by atoms with van der Waals surface area (Å²) in [7, 11) is 0. The maximum absolute atomic E-state index is 14.0. The van der Waals surface area contributed by atoms with Gasteiger partial charge in [0.2, 0.25) is 0 Å². The van der Waals surface area contributed by atoms with Crippen molar-refractivity contribution in [1.29, 1.82) is 0 Å². The highest BCUT2D eigenvalue weighted by molar-refractivity contribution is 5.95. The quantitative estimate of drug-likeness (QED) is 0.620. The average molecular weight is 279 g/mol. The van der Waals surface area contributed by atoms with E-state index < -0.39 is 5.82 Å². The summed E-state index contributed by atoms with van der Waals surface area (Å²) in [5, 5.41) is 0. The Morgan fingerprint density at radius 2 is 2.05 bits per heavy atom. The van der Waals surface area contributed by atoms with Crippen molar-refractivity contribution >= 4 is 11.7 Å². The first-order valence-corrected chi connectivity index (χ1v) is 6.85. The van der Waals surface area contributed by atoms with E-state index in [0.717, 1.165) is 13.1 Å². The second kappa shape index (κ2) is 5.34. The van der Waals surface area contributed by atoms with Crippen LogP contribution in [0.25, 0.3) is 0 Å². The summed E-state index contributed by atoms with van der Waals surface area (Å²) in [6.45, 7) is 3.02. The van der Waals surface area contributed by atoms with Gasteiger partial charge in [-0.2, -0.15) is 0 Å². The molecule has 1 aliphatic heterocycles. The van der Waals surface area contributed by atoms with Crippen LogP contribution in [0.2, 0.25) is 0 Å². The number of nitrogens with one attached hydrogen (secondary N) is 1. The highest BCUT2D eigenvalue weighted by Gasteiger charge is 2.33. The fraction of sp³-hybridized carbons (Fsp3) is 0.538. The minimum atomic E-state index is -0.690. The molecule has 1 saturated heterocycles. The number of aromatic nitrogens is 1. The maximum atomic E-state index is 14.0. The zero-order valence-corrected chi connectivity index (χ0v) is 11.2. The third-order valence-corrected chi connectivity index (χ3v) is 3.92. The van der Waals surface area contributed by atoms with E-state index in [-0.39, 0.29) is 17.3 Å². The predicted molar refractivity (Wildman–Crippen MR) is 72.5 cm³/mol. The standard InChI is InChI=1S/C13H18FN5O/c14-11-10(3-4-16-12(11)17-15)13(20)19-7-5-18(6-8-19)9-1-2-9/h3-4,9H,1-2,5-8,15H2,(H,16,17). The van der Waals surface area contributed by atoms with E-state index in [1.54, 1.807) is 4.90 Å². The van der Waals surface area contributed by atoms with Gasteiger partial charge in [0.15, 0.2) is 11.6 Å². The third-order valence-electron chi connectivity index (χ3n) is 3.92. The van der Waals surface area contributed by atoms with E-state index >= 15 is 0 Å². The van der Waals surface area contributed by atoms with Gasteiger partial charge < -0.3 is 10.3 Å². The number of nitrogens with two attached hydrogens (primary N) is 1. The number of hydrazine groups is 1. The molecule has 2 aliphatic rings. The number of nitrogens with zero attached hydrogens (tertiary/aromatic N) is 3. The molecule has 0 bridgehead atoms. The van der Waals surface area contributed by atoms with Crippen molar-refractivity contribution in [3.05, 3.63) is 23.6 Å². The number of hydrogen-bond donors (Lipinski definition) is 2. The Labute approximate surface area is 116 Å². The fourth-order valence-electron chi connectivity index (χ4n) is 2.61. The highest BCUT2D eigenvalue weighted by Crippen LogP contribution is 2.27. The van der Waals surface area contributed by atoms with Crippen molar-refractivity contribution < 1.29 is 9.18 Å². The second-order valence-corrected chi connectivity index (χ2v) is 5.22. The van der Waals surface area contributed by atoms with Crippen LogP contribution in [0.4, 0.5) is 10.2 Å². The number of halogens is 1. The molecule has 108 valence electrons. The lowest BCUT2D eigenvalue weighted by molar-refractivity contribution is 0.0622. The lowest BCUT2D eigenvalue weighted by atomic mass is 10.2. The molecular formula is C13H18FN5O.